The van der Waals surface area contributed by atoms with Crippen LogP contribution < -0.4 is 4.90 Å². The first-order valence-corrected chi connectivity index (χ1v) is 14.3. The number of para-hydroxylation sites is 3. The summed E-state index contributed by atoms with van der Waals surface area (Å²) in [5, 5.41) is 0. The van der Waals surface area contributed by atoms with Crippen molar-refractivity contribution >= 4 is 33.5 Å². The summed E-state index contributed by atoms with van der Waals surface area (Å²) in [4.78, 5) is 2.35. The van der Waals surface area contributed by atoms with Crippen LogP contribution in [0.1, 0.15) is 107 Å². The average molecular weight is 552 g/mol. The Hall–Kier alpha value is -2.06. The van der Waals surface area contributed by atoms with Gasteiger partial charge < -0.3 is 9.48 Å². The third kappa shape index (κ3) is 5.75. The molecule has 4 rings (SSSR count). The summed E-state index contributed by atoms with van der Waals surface area (Å²) < 4.78 is 2.38. The van der Waals surface area contributed by atoms with Crippen LogP contribution >= 0.6 is 10.1 Å². The van der Waals surface area contributed by atoms with Crippen molar-refractivity contribution < 1.29 is 19.7 Å². The van der Waals surface area contributed by atoms with E-state index >= 15 is 0 Å². The van der Waals surface area contributed by atoms with E-state index < -0.39 is 0 Å². The molecule has 0 atom stereocenters. The number of rotatable bonds is 6. The van der Waals surface area contributed by atoms with Gasteiger partial charge in [0.1, 0.15) is 0 Å². The van der Waals surface area contributed by atoms with Crippen molar-refractivity contribution in [2.75, 3.05) is 4.90 Å². The van der Waals surface area contributed by atoms with E-state index in [4.69, 9.17) is 0 Å². The molecule has 0 fully saturated rings. The first-order valence-electron chi connectivity index (χ1n) is 13.0. The molecule has 0 unspecified atom stereocenters. The fourth-order valence-electron chi connectivity index (χ4n) is 5.14. The number of hydrogen-bond donors (Lipinski definition) is 0. The Balaban J connectivity index is 0.00000176. The maximum atomic E-state index is 4.20. The van der Waals surface area contributed by atoms with Crippen LogP contribution in [0.2, 0.25) is 0 Å². The molecule has 3 aromatic rings. The number of halogens is 1. The Morgan fingerprint density at radius 3 is 1.58 bits per heavy atom. The summed E-state index contributed by atoms with van der Waals surface area (Å²) in [7, 11) is 4.20. The van der Waals surface area contributed by atoms with E-state index in [1.807, 2.05) is 0 Å². The van der Waals surface area contributed by atoms with Crippen LogP contribution in [0.25, 0.3) is 0 Å². The van der Waals surface area contributed by atoms with Gasteiger partial charge in [0.05, 0.1) is 23.6 Å². The molecular formula is C32H40ClCuN2. The molecule has 2 nitrogen and oxygen atoms in total. The molecular weight excluding hydrogens is 511 g/mol. The van der Waals surface area contributed by atoms with E-state index in [1.54, 1.807) is 0 Å². The van der Waals surface area contributed by atoms with Gasteiger partial charge in [-0.1, -0.05) is 116 Å². The summed E-state index contributed by atoms with van der Waals surface area (Å²) in [6.07, 6.45) is 3.89. The average Bonchev–Trinajstić information content (AvgIpc) is 2.88. The molecule has 0 aliphatic carbocycles. The van der Waals surface area contributed by atoms with Gasteiger partial charge in [-0.05, 0) is 51.5 Å². The van der Waals surface area contributed by atoms with Crippen LogP contribution in [0, 0.1) is 0 Å². The van der Waals surface area contributed by atoms with Crippen molar-refractivity contribution in [3.63, 3.8) is 0 Å². The maximum absolute atomic E-state index is 4.20. The van der Waals surface area contributed by atoms with Gasteiger partial charge in [0.2, 0.25) is 6.34 Å². The Morgan fingerprint density at radius 1 is 0.667 bits per heavy atom. The zero-order valence-electron chi connectivity index (χ0n) is 22.9. The SMILES string of the molecule is CC(C)c1cccc(C(C)C)c1N1[C-]=[N+](c2c(C(C)C)cccc2C(C)C)Cc2ccccc21.[Cl][Cu]. The van der Waals surface area contributed by atoms with Crippen LogP contribution in [0.3, 0.4) is 0 Å². The predicted octanol–water partition coefficient (Wildman–Crippen LogP) is 9.77. The topological polar surface area (TPSA) is 6.25 Å². The number of anilines is 2. The molecule has 0 saturated heterocycles. The minimum absolute atomic E-state index is 0.423. The molecule has 1 heterocycles. The van der Waals surface area contributed by atoms with E-state index in [-0.39, 0.29) is 0 Å². The number of benzene rings is 3. The predicted molar refractivity (Wildman–Crippen MR) is 152 cm³/mol. The standard InChI is InChI=1S/C32H40N2.ClH.Cu/c1-21(2)26-14-11-15-27(22(3)4)31(26)33-19-25-13-9-10-18-30(25)34(20-33)32-28(23(5)6)16-12-17-29(32)24(7)8;;/h9-18,21-24H,19H2,1-8H3;1H;/q;;+1/p-1. The molecule has 0 spiro atoms. The molecule has 0 saturated carbocycles. The molecule has 0 amide bonds. The molecule has 4 heteroatoms. The molecule has 3 aromatic carbocycles. The van der Waals surface area contributed by atoms with Crippen LogP contribution in [0.5, 0.6) is 0 Å². The van der Waals surface area contributed by atoms with Gasteiger partial charge in [-0.2, -0.15) is 0 Å². The Kier molecular flexibility index (Phi) is 9.86. The van der Waals surface area contributed by atoms with E-state index in [9.17, 15) is 0 Å². The van der Waals surface area contributed by atoms with Gasteiger partial charge in [-0.3, -0.25) is 0 Å². The van der Waals surface area contributed by atoms with Gasteiger partial charge >= 0.3 is 25.2 Å². The Labute approximate surface area is 231 Å². The van der Waals surface area contributed by atoms with Crippen molar-refractivity contribution in [2.24, 2.45) is 0 Å². The first kappa shape index (κ1) is 28.5. The Morgan fingerprint density at radius 2 is 1.11 bits per heavy atom. The molecule has 0 bridgehead atoms. The third-order valence-electron chi connectivity index (χ3n) is 6.96. The number of nitrogens with zero attached hydrogens (tertiary/aromatic N) is 2. The summed E-state index contributed by atoms with van der Waals surface area (Å²) in [6, 6.07) is 22.4. The molecule has 196 valence electrons. The second kappa shape index (κ2) is 12.5. The molecule has 0 aromatic heterocycles. The van der Waals surface area contributed by atoms with E-state index in [0.717, 1.165) is 6.54 Å². The molecule has 36 heavy (non-hydrogen) atoms. The van der Waals surface area contributed by atoms with E-state index in [1.165, 1.54) is 44.9 Å². The second-order valence-electron chi connectivity index (χ2n) is 10.8. The second-order valence-corrected chi connectivity index (χ2v) is 10.8. The minimum atomic E-state index is 0.423. The monoisotopic (exact) mass is 550 g/mol. The summed E-state index contributed by atoms with van der Waals surface area (Å²) >= 11 is 3.66. The normalized spacial score (nSPS) is 13.2. The zero-order chi connectivity index (χ0) is 26.6. The van der Waals surface area contributed by atoms with Crippen LogP contribution in [0.15, 0.2) is 60.7 Å². The van der Waals surface area contributed by atoms with Gasteiger partial charge in [-0.15, -0.1) is 0 Å². The van der Waals surface area contributed by atoms with Crippen molar-refractivity contribution in [1.82, 2.24) is 0 Å². The quantitative estimate of drug-likeness (QED) is 0.168. The summed E-state index contributed by atoms with van der Waals surface area (Å²) in [5.74, 6) is 1.73. The van der Waals surface area contributed by atoms with Crippen LogP contribution in [-0.4, -0.2) is 10.9 Å². The fourth-order valence-corrected chi connectivity index (χ4v) is 5.14. The zero-order valence-corrected chi connectivity index (χ0v) is 24.6. The van der Waals surface area contributed by atoms with Crippen molar-refractivity contribution in [3.05, 3.63) is 88.5 Å². The van der Waals surface area contributed by atoms with Crippen molar-refractivity contribution in [2.45, 2.75) is 85.6 Å². The van der Waals surface area contributed by atoms with Gasteiger partial charge in [0.25, 0.3) is 0 Å². The first-order chi connectivity index (χ1) is 17.2. The van der Waals surface area contributed by atoms with Gasteiger partial charge in [0, 0.05) is 0 Å². The fraction of sp³-hybridized carbons (Fsp3) is 0.406. The van der Waals surface area contributed by atoms with E-state index in [0.29, 0.717) is 23.7 Å². The number of hydrogen-bond acceptors (Lipinski definition) is 1. The van der Waals surface area contributed by atoms with Crippen molar-refractivity contribution in [1.29, 1.82) is 0 Å². The van der Waals surface area contributed by atoms with Crippen LogP contribution in [0.4, 0.5) is 17.1 Å². The molecule has 1 aliphatic heterocycles. The molecule has 1 aliphatic rings. The Bertz CT molecular complexity index is 1160. The van der Waals surface area contributed by atoms with Gasteiger partial charge in [-0.25, -0.2) is 0 Å². The van der Waals surface area contributed by atoms with Crippen molar-refractivity contribution in [3.8, 4) is 0 Å². The van der Waals surface area contributed by atoms with Gasteiger partial charge in [0.15, 0.2) is 0 Å². The molecule has 0 radical (unpaired) electrons. The summed E-state index contributed by atoms with van der Waals surface area (Å²) in [6.45, 7) is 19.2. The third-order valence-corrected chi connectivity index (χ3v) is 6.96. The van der Waals surface area contributed by atoms with Crippen LogP contribution in [-0.2, 0) is 21.6 Å². The van der Waals surface area contributed by atoms with E-state index in [2.05, 4.69) is 157 Å². The number of fused-ring (bicyclic) bond motifs is 1. The summed E-state index contributed by atoms with van der Waals surface area (Å²) in [5.41, 5.74) is 10.7. The molecule has 0 N–H and O–H groups in total.